The summed E-state index contributed by atoms with van der Waals surface area (Å²) < 4.78 is 6.31. The maximum Gasteiger partial charge on any atom is 0.178 e. The summed E-state index contributed by atoms with van der Waals surface area (Å²) in [5.41, 5.74) is 5.83. The van der Waals surface area contributed by atoms with Gasteiger partial charge in [0.1, 0.15) is 10.4 Å². The van der Waals surface area contributed by atoms with Crippen molar-refractivity contribution >= 4 is 27.2 Å². The molecule has 0 atom stereocenters. The quantitative estimate of drug-likeness (QED) is 0.677. The van der Waals surface area contributed by atoms with E-state index in [1.54, 1.807) is 11.3 Å². The zero-order valence-corrected chi connectivity index (χ0v) is 8.62. The van der Waals surface area contributed by atoms with Crippen molar-refractivity contribution in [3.05, 3.63) is 53.3 Å². The normalized spacial score (nSPS) is 14.5. The van der Waals surface area contributed by atoms with E-state index in [1.807, 2.05) is 41.8 Å². The third kappa shape index (κ3) is 1.38. The molecule has 3 rings (SSSR count). The molecule has 2 aromatic rings. The Balaban J connectivity index is 2.22. The third-order valence-corrected chi connectivity index (χ3v) is 3.07. The Hall–Kier alpha value is -1.83. The van der Waals surface area contributed by atoms with E-state index in [0.717, 1.165) is 21.5 Å². The number of rotatable bonds is 1. The van der Waals surface area contributed by atoms with Crippen LogP contribution in [0.2, 0.25) is 0 Å². The van der Waals surface area contributed by atoms with Gasteiger partial charge in [0.2, 0.25) is 0 Å². The third-order valence-electron chi connectivity index (χ3n) is 2.17. The highest BCUT2D eigenvalue weighted by atomic mass is 32.1. The molecule has 0 unspecified atom stereocenters. The molecule has 0 N–H and O–H groups in total. The molecular weight excluding hydrogens is 206 g/mol. The molecule has 15 heavy (non-hydrogen) atoms. The number of allylic oxidation sites excluding steroid dienone is 5. The van der Waals surface area contributed by atoms with Crippen LogP contribution in [0.3, 0.4) is 0 Å². The summed E-state index contributed by atoms with van der Waals surface area (Å²) in [5, 5.41) is 6.07. The zero-order valence-electron chi connectivity index (χ0n) is 7.81. The molecule has 72 valence electrons. The number of hydrogen-bond acceptors (Lipinski definition) is 3. The van der Waals surface area contributed by atoms with E-state index in [4.69, 9.17) is 4.52 Å². The van der Waals surface area contributed by atoms with Crippen LogP contribution in [0.15, 0.2) is 52.1 Å². The van der Waals surface area contributed by atoms with Crippen molar-refractivity contribution in [2.45, 2.75) is 0 Å². The first-order valence-corrected chi connectivity index (χ1v) is 5.46. The summed E-state index contributed by atoms with van der Waals surface area (Å²) in [5.74, 6) is 0. The number of nitrogens with zero attached hydrogens (tertiary/aromatic N) is 1. The molecule has 0 aromatic carbocycles. The van der Waals surface area contributed by atoms with Gasteiger partial charge in [-0.1, -0.05) is 23.4 Å². The fraction of sp³-hybridized carbons (Fsp3) is 0. The molecule has 0 radical (unpaired) electrons. The standard InChI is InChI=1S/C12H7NOS/c1-2-4-6-9(5-3-1)11-12-10(14-13-11)7-8-15-12/h1-3,5-8H. The van der Waals surface area contributed by atoms with E-state index in [1.165, 1.54) is 0 Å². The van der Waals surface area contributed by atoms with E-state index in [2.05, 4.69) is 10.9 Å². The lowest BCUT2D eigenvalue weighted by molar-refractivity contribution is 0.454. The lowest BCUT2D eigenvalue weighted by atomic mass is 10.1. The molecule has 0 spiro atoms. The topological polar surface area (TPSA) is 26.0 Å². The summed E-state index contributed by atoms with van der Waals surface area (Å²) in [4.78, 5) is 0. The molecule has 0 amide bonds. The molecule has 0 aliphatic heterocycles. The molecule has 3 heteroatoms. The summed E-state index contributed by atoms with van der Waals surface area (Å²) in [7, 11) is 0. The highest BCUT2D eigenvalue weighted by Crippen LogP contribution is 2.29. The first-order chi connectivity index (χ1) is 7.45. The van der Waals surface area contributed by atoms with Gasteiger partial charge in [-0.3, -0.25) is 0 Å². The van der Waals surface area contributed by atoms with Crippen molar-refractivity contribution in [2.75, 3.05) is 0 Å². The van der Waals surface area contributed by atoms with E-state index in [9.17, 15) is 0 Å². The molecule has 1 aliphatic carbocycles. The average Bonchev–Trinajstić information content (AvgIpc) is 2.74. The maximum atomic E-state index is 5.22. The van der Waals surface area contributed by atoms with Gasteiger partial charge in [0.05, 0.1) is 0 Å². The lowest BCUT2D eigenvalue weighted by Crippen LogP contribution is -1.78. The minimum Gasteiger partial charge on any atom is -0.355 e. The first kappa shape index (κ1) is 8.48. The SMILES string of the molecule is C1=CC=CC=C(c2noc3ccsc23)C=1. The van der Waals surface area contributed by atoms with Crippen molar-refractivity contribution < 1.29 is 4.52 Å². The monoisotopic (exact) mass is 213 g/mol. The summed E-state index contributed by atoms with van der Waals surface area (Å²) in [6, 6.07) is 1.93. The van der Waals surface area contributed by atoms with Gasteiger partial charge in [-0.05, 0) is 23.6 Å². The van der Waals surface area contributed by atoms with Crippen molar-refractivity contribution in [3.8, 4) is 0 Å². The van der Waals surface area contributed by atoms with Gasteiger partial charge in [-0.15, -0.1) is 17.1 Å². The predicted octanol–water partition coefficient (Wildman–Crippen LogP) is 3.55. The predicted molar refractivity (Wildman–Crippen MR) is 61.7 cm³/mol. The zero-order chi connectivity index (χ0) is 10.1. The van der Waals surface area contributed by atoms with Crippen LogP contribution in [0.25, 0.3) is 15.9 Å². The minimum absolute atomic E-state index is 0.849. The second-order valence-corrected chi connectivity index (χ2v) is 4.05. The van der Waals surface area contributed by atoms with Crippen LogP contribution in [0.1, 0.15) is 5.69 Å². The fourth-order valence-electron chi connectivity index (χ4n) is 1.47. The molecule has 2 heterocycles. The second kappa shape index (κ2) is 3.39. The number of fused-ring (bicyclic) bond motifs is 1. The first-order valence-electron chi connectivity index (χ1n) is 4.58. The molecule has 0 saturated carbocycles. The van der Waals surface area contributed by atoms with Crippen LogP contribution in [-0.4, -0.2) is 5.16 Å². The van der Waals surface area contributed by atoms with Crippen molar-refractivity contribution in [1.29, 1.82) is 0 Å². The summed E-state index contributed by atoms with van der Waals surface area (Å²) >= 11 is 1.64. The molecule has 2 aromatic heterocycles. The van der Waals surface area contributed by atoms with Gasteiger partial charge in [0.25, 0.3) is 0 Å². The summed E-state index contributed by atoms with van der Waals surface area (Å²) in [6.45, 7) is 0. The van der Waals surface area contributed by atoms with E-state index in [0.29, 0.717) is 0 Å². The van der Waals surface area contributed by atoms with E-state index >= 15 is 0 Å². The van der Waals surface area contributed by atoms with Crippen LogP contribution < -0.4 is 0 Å². The van der Waals surface area contributed by atoms with Gasteiger partial charge in [0, 0.05) is 5.57 Å². The fourth-order valence-corrected chi connectivity index (χ4v) is 2.28. The molecule has 0 saturated heterocycles. The Kier molecular flexibility index (Phi) is 1.91. The molecular formula is C12H7NOS. The van der Waals surface area contributed by atoms with Gasteiger partial charge in [-0.25, -0.2) is 0 Å². The van der Waals surface area contributed by atoms with Crippen LogP contribution >= 0.6 is 11.3 Å². The van der Waals surface area contributed by atoms with Gasteiger partial charge < -0.3 is 4.52 Å². The average molecular weight is 213 g/mol. The smallest absolute Gasteiger partial charge is 0.178 e. The Morgan fingerprint density at radius 1 is 1.33 bits per heavy atom. The maximum absolute atomic E-state index is 5.22. The van der Waals surface area contributed by atoms with Crippen LogP contribution in [-0.2, 0) is 0 Å². The van der Waals surface area contributed by atoms with Crippen molar-refractivity contribution in [3.63, 3.8) is 0 Å². The van der Waals surface area contributed by atoms with Gasteiger partial charge in [0.15, 0.2) is 5.58 Å². The molecule has 0 fully saturated rings. The van der Waals surface area contributed by atoms with Gasteiger partial charge >= 0.3 is 0 Å². The molecule has 1 aliphatic rings. The largest absolute Gasteiger partial charge is 0.355 e. The minimum atomic E-state index is 0.849. The highest BCUT2D eigenvalue weighted by Gasteiger charge is 2.11. The Morgan fingerprint density at radius 3 is 3.33 bits per heavy atom. The number of aromatic nitrogens is 1. The molecule has 2 nitrogen and oxygen atoms in total. The Bertz CT molecular complexity index is 621. The van der Waals surface area contributed by atoms with Gasteiger partial charge in [-0.2, -0.15) is 0 Å². The van der Waals surface area contributed by atoms with Crippen molar-refractivity contribution in [2.24, 2.45) is 0 Å². The van der Waals surface area contributed by atoms with E-state index < -0.39 is 0 Å². The Labute approximate surface area is 90.5 Å². The van der Waals surface area contributed by atoms with Crippen LogP contribution in [0.5, 0.6) is 0 Å². The van der Waals surface area contributed by atoms with Crippen molar-refractivity contribution in [1.82, 2.24) is 5.16 Å². The second-order valence-electron chi connectivity index (χ2n) is 3.13. The summed E-state index contributed by atoms with van der Waals surface area (Å²) in [6.07, 6.45) is 9.70. The number of thiophene rings is 1. The lowest BCUT2D eigenvalue weighted by Gasteiger charge is -1.91. The Morgan fingerprint density at radius 2 is 2.33 bits per heavy atom. The molecule has 0 bridgehead atoms. The van der Waals surface area contributed by atoms with E-state index in [-0.39, 0.29) is 0 Å². The van der Waals surface area contributed by atoms with Crippen LogP contribution in [0, 0.1) is 0 Å². The van der Waals surface area contributed by atoms with Crippen LogP contribution in [0.4, 0.5) is 0 Å². The highest BCUT2D eigenvalue weighted by molar-refractivity contribution is 7.17. The number of hydrogen-bond donors (Lipinski definition) is 0.